The molecular formula is C16H22N2O4. The van der Waals surface area contributed by atoms with Gasteiger partial charge in [-0.25, -0.2) is 10.3 Å². The van der Waals surface area contributed by atoms with Gasteiger partial charge in [-0.3, -0.25) is 9.63 Å². The fraction of sp³-hybridized carbons (Fsp3) is 0.500. The third-order valence-corrected chi connectivity index (χ3v) is 3.66. The Morgan fingerprint density at radius 3 is 2.77 bits per heavy atom. The van der Waals surface area contributed by atoms with Crippen LogP contribution in [0.1, 0.15) is 44.0 Å². The van der Waals surface area contributed by atoms with Crippen LogP contribution in [-0.4, -0.2) is 30.1 Å². The maximum absolute atomic E-state index is 12.1. The normalized spacial score (nSPS) is 17.8. The Labute approximate surface area is 129 Å². The Balaban J connectivity index is 2.36. The number of carbonyl (C=O) groups is 2. The molecule has 1 aromatic rings. The van der Waals surface area contributed by atoms with E-state index in [1.807, 2.05) is 19.1 Å². The number of cyclic esters (lactones) is 1. The number of hydroxylamine groups is 1. The standard InChI is InChI=1S/C16H22N2O4/c1-4-5-6-7-12-13(11-9-8-10(2)17-11)14(16(20)22-12)15(19)18-21-3/h8-9,12,17H,4-7H2,1-3H3,(H,18,19). The monoisotopic (exact) mass is 306 g/mol. The highest BCUT2D eigenvalue weighted by Gasteiger charge is 2.39. The largest absolute Gasteiger partial charge is 0.454 e. The summed E-state index contributed by atoms with van der Waals surface area (Å²) in [6, 6.07) is 3.76. The second-order valence-electron chi connectivity index (χ2n) is 5.37. The van der Waals surface area contributed by atoms with Crippen molar-refractivity contribution in [2.45, 2.75) is 45.6 Å². The number of amides is 1. The van der Waals surface area contributed by atoms with Crippen molar-refractivity contribution in [3.05, 3.63) is 29.1 Å². The third-order valence-electron chi connectivity index (χ3n) is 3.66. The average Bonchev–Trinajstić information content (AvgIpc) is 3.03. The molecule has 1 aromatic heterocycles. The first kappa shape index (κ1) is 16.3. The highest BCUT2D eigenvalue weighted by Crippen LogP contribution is 2.34. The number of aryl methyl sites for hydroxylation is 1. The van der Waals surface area contributed by atoms with Crippen molar-refractivity contribution in [2.75, 3.05) is 7.11 Å². The number of hydrogen-bond donors (Lipinski definition) is 2. The van der Waals surface area contributed by atoms with E-state index in [1.54, 1.807) is 0 Å². The molecule has 1 aliphatic heterocycles. The second kappa shape index (κ2) is 7.26. The van der Waals surface area contributed by atoms with Gasteiger partial charge in [-0.05, 0) is 31.9 Å². The van der Waals surface area contributed by atoms with E-state index < -0.39 is 18.0 Å². The van der Waals surface area contributed by atoms with Crippen LogP contribution in [0.15, 0.2) is 17.7 Å². The van der Waals surface area contributed by atoms with Gasteiger partial charge in [-0.1, -0.05) is 19.8 Å². The molecule has 0 fully saturated rings. The lowest BCUT2D eigenvalue weighted by molar-refractivity contribution is -0.142. The Kier molecular flexibility index (Phi) is 5.38. The molecule has 0 aliphatic carbocycles. The lowest BCUT2D eigenvalue weighted by Gasteiger charge is -2.13. The van der Waals surface area contributed by atoms with Crippen molar-refractivity contribution in [2.24, 2.45) is 0 Å². The van der Waals surface area contributed by atoms with Gasteiger partial charge in [0.1, 0.15) is 11.7 Å². The summed E-state index contributed by atoms with van der Waals surface area (Å²) in [6.45, 7) is 4.03. The first-order valence-corrected chi connectivity index (χ1v) is 7.53. The van der Waals surface area contributed by atoms with Crippen molar-refractivity contribution >= 4 is 17.4 Å². The Bertz CT molecular complexity index is 589. The number of nitrogens with one attached hydrogen (secondary N) is 2. The van der Waals surface area contributed by atoms with E-state index >= 15 is 0 Å². The number of rotatable bonds is 7. The predicted molar refractivity (Wildman–Crippen MR) is 81.6 cm³/mol. The van der Waals surface area contributed by atoms with Crippen LogP contribution in [0, 0.1) is 6.92 Å². The molecule has 0 saturated heterocycles. The first-order valence-electron chi connectivity index (χ1n) is 7.53. The van der Waals surface area contributed by atoms with E-state index in [0.29, 0.717) is 12.0 Å². The Hall–Kier alpha value is -2.08. The van der Waals surface area contributed by atoms with Gasteiger partial charge in [0.2, 0.25) is 0 Å². The maximum Gasteiger partial charge on any atom is 0.344 e. The zero-order chi connectivity index (χ0) is 16.1. The van der Waals surface area contributed by atoms with Crippen LogP contribution in [0.3, 0.4) is 0 Å². The SMILES string of the molecule is CCCCCC1OC(=O)C(C(=O)NOC)=C1c1ccc(C)[nH]1. The number of carbonyl (C=O) groups excluding carboxylic acids is 2. The maximum atomic E-state index is 12.1. The molecule has 120 valence electrons. The smallest absolute Gasteiger partial charge is 0.344 e. The number of unbranched alkanes of at least 4 members (excludes halogenated alkanes) is 2. The Morgan fingerprint density at radius 2 is 2.18 bits per heavy atom. The van der Waals surface area contributed by atoms with Gasteiger partial charge in [-0.15, -0.1) is 0 Å². The molecule has 0 saturated carbocycles. The first-order chi connectivity index (χ1) is 10.6. The summed E-state index contributed by atoms with van der Waals surface area (Å²) in [5, 5.41) is 0. The van der Waals surface area contributed by atoms with Crippen molar-refractivity contribution in [1.29, 1.82) is 0 Å². The van der Waals surface area contributed by atoms with Crippen LogP contribution < -0.4 is 5.48 Å². The molecule has 0 bridgehead atoms. The molecule has 0 radical (unpaired) electrons. The van der Waals surface area contributed by atoms with Gasteiger partial charge >= 0.3 is 5.97 Å². The summed E-state index contributed by atoms with van der Waals surface area (Å²) in [6.07, 6.45) is 3.39. The molecule has 2 heterocycles. The summed E-state index contributed by atoms with van der Waals surface area (Å²) in [5.41, 5.74) is 4.53. The molecule has 2 N–H and O–H groups in total. The average molecular weight is 306 g/mol. The lowest BCUT2D eigenvalue weighted by atomic mass is 9.97. The predicted octanol–water partition coefficient (Wildman–Crippen LogP) is 2.26. The van der Waals surface area contributed by atoms with Crippen LogP contribution in [0.5, 0.6) is 0 Å². The lowest BCUT2D eigenvalue weighted by Crippen LogP contribution is -2.26. The van der Waals surface area contributed by atoms with Crippen LogP contribution >= 0.6 is 0 Å². The molecule has 1 atom stereocenters. The number of esters is 1. The summed E-state index contributed by atoms with van der Waals surface area (Å²) in [4.78, 5) is 32.0. The van der Waals surface area contributed by atoms with Crippen molar-refractivity contribution in [3.63, 3.8) is 0 Å². The number of ether oxygens (including phenoxy) is 1. The number of aromatic amines is 1. The van der Waals surface area contributed by atoms with E-state index in [-0.39, 0.29) is 5.57 Å². The zero-order valence-electron chi connectivity index (χ0n) is 13.2. The van der Waals surface area contributed by atoms with Gasteiger partial charge < -0.3 is 9.72 Å². The fourth-order valence-electron chi connectivity index (χ4n) is 2.63. The molecule has 0 aromatic carbocycles. The minimum absolute atomic E-state index is 0.0187. The van der Waals surface area contributed by atoms with Gasteiger partial charge in [-0.2, -0.15) is 0 Å². The third kappa shape index (κ3) is 3.39. The van der Waals surface area contributed by atoms with E-state index in [1.165, 1.54) is 7.11 Å². The summed E-state index contributed by atoms with van der Waals surface area (Å²) in [7, 11) is 1.33. The minimum atomic E-state index is -0.599. The van der Waals surface area contributed by atoms with Crippen molar-refractivity contribution in [3.8, 4) is 0 Å². The highest BCUT2D eigenvalue weighted by molar-refractivity contribution is 6.24. The molecule has 0 spiro atoms. The van der Waals surface area contributed by atoms with E-state index in [4.69, 9.17) is 4.74 Å². The van der Waals surface area contributed by atoms with Gasteiger partial charge in [0.25, 0.3) is 5.91 Å². The molecule has 1 unspecified atom stereocenters. The number of H-pyrrole nitrogens is 1. The van der Waals surface area contributed by atoms with Gasteiger partial charge in [0, 0.05) is 17.0 Å². The number of aromatic nitrogens is 1. The molecule has 1 amide bonds. The van der Waals surface area contributed by atoms with E-state index in [2.05, 4.69) is 22.2 Å². The van der Waals surface area contributed by atoms with E-state index in [9.17, 15) is 9.59 Å². The van der Waals surface area contributed by atoms with E-state index in [0.717, 1.165) is 30.7 Å². The molecule has 1 aliphatic rings. The second-order valence-corrected chi connectivity index (χ2v) is 5.37. The van der Waals surface area contributed by atoms with Crippen molar-refractivity contribution in [1.82, 2.24) is 10.5 Å². The molecule has 22 heavy (non-hydrogen) atoms. The topological polar surface area (TPSA) is 80.4 Å². The molecule has 2 rings (SSSR count). The summed E-state index contributed by atoms with van der Waals surface area (Å²) >= 11 is 0. The quantitative estimate of drug-likeness (QED) is 0.350. The summed E-state index contributed by atoms with van der Waals surface area (Å²) in [5.74, 6) is -1.17. The van der Waals surface area contributed by atoms with Crippen LogP contribution in [0.2, 0.25) is 0 Å². The Morgan fingerprint density at radius 1 is 1.41 bits per heavy atom. The molecule has 6 heteroatoms. The van der Waals surface area contributed by atoms with Crippen LogP contribution in [0.4, 0.5) is 0 Å². The van der Waals surface area contributed by atoms with Crippen LogP contribution in [-0.2, 0) is 19.2 Å². The minimum Gasteiger partial charge on any atom is -0.454 e. The molecular weight excluding hydrogens is 284 g/mol. The van der Waals surface area contributed by atoms with Crippen LogP contribution in [0.25, 0.3) is 5.57 Å². The zero-order valence-corrected chi connectivity index (χ0v) is 13.2. The fourth-order valence-corrected chi connectivity index (χ4v) is 2.63. The highest BCUT2D eigenvalue weighted by atomic mass is 16.6. The van der Waals surface area contributed by atoms with Gasteiger partial charge in [0.15, 0.2) is 0 Å². The van der Waals surface area contributed by atoms with Gasteiger partial charge in [0.05, 0.1) is 7.11 Å². The van der Waals surface area contributed by atoms with Crippen molar-refractivity contribution < 1.29 is 19.2 Å². The molecule has 6 nitrogen and oxygen atoms in total. The number of hydrogen-bond acceptors (Lipinski definition) is 4. The summed E-state index contributed by atoms with van der Waals surface area (Å²) < 4.78 is 5.41.